The summed E-state index contributed by atoms with van der Waals surface area (Å²) in [6.45, 7) is 10.9. The summed E-state index contributed by atoms with van der Waals surface area (Å²) < 4.78 is 0. The molecule has 1 N–H and O–H groups in total. The van der Waals surface area contributed by atoms with Crippen LogP contribution in [0.2, 0.25) is 0 Å². The lowest BCUT2D eigenvalue weighted by molar-refractivity contribution is -0.154. The number of rotatable bonds is 4. The van der Waals surface area contributed by atoms with E-state index in [1.54, 1.807) is 4.90 Å². The molecule has 0 spiro atoms. The number of para-hydroxylation sites is 1. The van der Waals surface area contributed by atoms with Crippen molar-refractivity contribution in [1.82, 2.24) is 4.90 Å². The predicted molar refractivity (Wildman–Crippen MR) is 93.4 cm³/mol. The first-order valence-electron chi connectivity index (χ1n) is 8.41. The normalized spacial score (nSPS) is 20.8. The molecule has 23 heavy (non-hydrogen) atoms. The molecule has 1 aliphatic rings. The third-order valence-corrected chi connectivity index (χ3v) is 4.66. The van der Waals surface area contributed by atoms with Crippen LogP contribution >= 0.6 is 0 Å². The van der Waals surface area contributed by atoms with Gasteiger partial charge in [-0.05, 0) is 36.8 Å². The van der Waals surface area contributed by atoms with Crippen LogP contribution in [0.5, 0.6) is 0 Å². The molecule has 0 aromatic heterocycles. The Balaban J connectivity index is 2.18. The molecule has 1 aromatic rings. The lowest BCUT2D eigenvalue weighted by atomic mass is 9.83. The SMILES string of the molecule is CCCC(=O)N1CCC1(C)C(=O)Nc1ccccc1C(C)(C)C. The minimum Gasteiger partial charge on any atom is -0.328 e. The summed E-state index contributed by atoms with van der Waals surface area (Å²) in [4.78, 5) is 26.7. The van der Waals surface area contributed by atoms with E-state index in [-0.39, 0.29) is 17.2 Å². The fourth-order valence-electron chi connectivity index (χ4n) is 3.05. The van der Waals surface area contributed by atoms with Crippen molar-refractivity contribution < 1.29 is 9.59 Å². The molecule has 0 bridgehead atoms. The zero-order valence-electron chi connectivity index (χ0n) is 14.9. The smallest absolute Gasteiger partial charge is 0.250 e. The Labute approximate surface area is 139 Å². The summed E-state index contributed by atoms with van der Waals surface area (Å²) >= 11 is 0. The Morgan fingerprint density at radius 1 is 1.26 bits per heavy atom. The molecule has 1 fully saturated rings. The van der Waals surface area contributed by atoms with E-state index in [4.69, 9.17) is 0 Å². The number of nitrogens with one attached hydrogen (secondary N) is 1. The van der Waals surface area contributed by atoms with Crippen molar-refractivity contribution >= 4 is 17.5 Å². The zero-order valence-corrected chi connectivity index (χ0v) is 14.9. The topological polar surface area (TPSA) is 49.4 Å². The van der Waals surface area contributed by atoms with Gasteiger partial charge in [0.15, 0.2) is 0 Å². The van der Waals surface area contributed by atoms with E-state index >= 15 is 0 Å². The van der Waals surface area contributed by atoms with Gasteiger partial charge in [-0.3, -0.25) is 9.59 Å². The van der Waals surface area contributed by atoms with Gasteiger partial charge in [0.05, 0.1) is 0 Å². The monoisotopic (exact) mass is 316 g/mol. The van der Waals surface area contributed by atoms with Crippen LogP contribution in [0.4, 0.5) is 5.69 Å². The van der Waals surface area contributed by atoms with E-state index in [1.165, 1.54) is 0 Å². The van der Waals surface area contributed by atoms with Gasteiger partial charge >= 0.3 is 0 Å². The first-order valence-corrected chi connectivity index (χ1v) is 8.41. The molecule has 2 rings (SSSR count). The maximum atomic E-state index is 12.8. The molecular formula is C19H28N2O2. The van der Waals surface area contributed by atoms with Crippen molar-refractivity contribution in [2.45, 2.75) is 64.8 Å². The molecule has 0 saturated carbocycles. The van der Waals surface area contributed by atoms with Gasteiger partial charge in [-0.1, -0.05) is 45.9 Å². The van der Waals surface area contributed by atoms with Crippen molar-refractivity contribution in [3.8, 4) is 0 Å². The largest absolute Gasteiger partial charge is 0.328 e. The van der Waals surface area contributed by atoms with Crippen LogP contribution in [0, 0.1) is 0 Å². The highest BCUT2D eigenvalue weighted by Gasteiger charge is 2.49. The van der Waals surface area contributed by atoms with Crippen molar-refractivity contribution in [3.63, 3.8) is 0 Å². The minimum atomic E-state index is -0.725. The Kier molecular flexibility index (Phi) is 4.83. The second kappa shape index (κ2) is 6.34. The average molecular weight is 316 g/mol. The van der Waals surface area contributed by atoms with E-state index in [2.05, 4.69) is 26.1 Å². The molecule has 1 aromatic carbocycles. The summed E-state index contributed by atoms with van der Waals surface area (Å²) in [6.07, 6.45) is 2.02. The molecule has 1 heterocycles. The lowest BCUT2D eigenvalue weighted by Gasteiger charge is -2.49. The number of nitrogens with zero attached hydrogens (tertiary/aromatic N) is 1. The van der Waals surface area contributed by atoms with Crippen molar-refractivity contribution in [2.24, 2.45) is 0 Å². The first kappa shape index (κ1) is 17.5. The van der Waals surface area contributed by atoms with Crippen LogP contribution in [-0.2, 0) is 15.0 Å². The maximum Gasteiger partial charge on any atom is 0.250 e. The molecule has 1 aliphatic heterocycles. The number of anilines is 1. The molecule has 4 nitrogen and oxygen atoms in total. The van der Waals surface area contributed by atoms with Crippen LogP contribution in [-0.4, -0.2) is 28.8 Å². The van der Waals surface area contributed by atoms with Gasteiger partial charge in [-0.2, -0.15) is 0 Å². The quantitative estimate of drug-likeness (QED) is 0.920. The Bertz CT molecular complexity index is 604. The highest BCUT2D eigenvalue weighted by atomic mass is 16.2. The molecule has 0 radical (unpaired) electrons. The van der Waals surface area contributed by atoms with Crippen molar-refractivity contribution in [1.29, 1.82) is 0 Å². The Morgan fingerprint density at radius 3 is 2.43 bits per heavy atom. The highest BCUT2D eigenvalue weighted by Crippen LogP contribution is 2.34. The Morgan fingerprint density at radius 2 is 1.91 bits per heavy atom. The summed E-state index contributed by atoms with van der Waals surface area (Å²) in [7, 11) is 0. The zero-order chi connectivity index (χ0) is 17.3. The third kappa shape index (κ3) is 3.41. The molecule has 126 valence electrons. The van der Waals surface area contributed by atoms with Crippen LogP contribution in [0.1, 0.15) is 59.4 Å². The van der Waals surface area contributed by atoms with Gasteiger partial charge in [0, 0.05) is 18.7 Å². The number of amides is 2. The van der Waals surface area contributed by atoms with E-state index < -0.39 is 5.54 Å². The number of carbonyl (C=O) groups excluding carboxylic acids is 2. The molecule has 1 saturated heterocycles. The van der Waals surface area contributed by atoms with Crippen LogP contribution in [0.15, 0.2) is 24.3 Å². The maximum absolute atomic E-state index is 12.8. The summed E-state index contributed by atoms with van der Waals surface area (Å²) in [5, 5.41) is 3.05. The van der Waals surface area contributed by atoms with Crippen LogP contribution in [0.3, 0.4) is 0 Å². The molecule has 0 aliphatic carbocycles. The lowest BCUT2D eigenvalue weighted by Crippen LogP contribution is -2.66. The van der Waals surface area contributed by atoms with Gasteiger partial charge < -0.3 is 10.2 Å². The Hall–Kier alpha value is -1.84. The van der Waals surface area contributed by atoms with Crippen molar-refractivity contribution in [3.05, 3.63) is 29.8 Å². The second-order valence-corrected chi connectivity index (χ2v) is 7.57. The fourth-order valence-corrected chi connectivity index (χ4v) is 3.05. The fraction of sp³-hybridized carbons (Fsp3) is 0.579. The summed E-state index contributed by atoms with van der Waals surface area (Å²) in [6, 6.07) is 7.88. The standard InChI is InChI=1S/C19H28N2O2/c1-6-9-16(22)21-13-12-19(21,5)17(23)20-15-11-8-7-10-14(15)18(2,3)4/h7-8,10-11H,6,9,12-13H2,1-5H3,(H,20,23). The average Bonchev–Trinajstić information content (AvgIpc) is 2.44. The van der Waals surface area contributed by atoms with E-state index in [1.807, 2.05) is 38.1 Å². The van der Waals surface area contributed by atoms with E-state index in [0.717, 1.165) is 17.7 Å². The molecule has 1 unspecified atom stereocenters. The molecule has 1 atom stereocenters. The van der Waals surface area contributed by atoms with Crippen molar-refractivity contribution in [2.75, 3.05) is 11.9 Å². The number of benzene rings is 1. The van der Waals surface area contributed by atoms with Crippen LogP contribution in [0.25, 0.3) is 0 Å². The van der Waals surface area contributed by atoms with E-state index in [9.17, 15) is 9.59 Å². The number of likely N-dealkylation sites (tertiary alicyclic amines) is 1. The number of hydrogen-bond acceptors (Lipinski definition) is 2. The molecule has 4 heteroatoms. The highest BCUT2D eigenvalue weighted by molar-refractivity contribution is 6.01. The third-order valence-electron chi connectivity index (χ3n) is 4.66. The van der Waals surface area contributed by atoms with Gasteiger partial charge in [0.2, 0.25) is 11.8 Å². The second-order valence-electron chi connectivity index (χ2n) is 7.57. The minimum absolute atomic E-state index is 0.0535. The van der Waals surface area contributed by atoms with Gasteiger partial charge in [0.1, 0.15) is 5.54 Å². The first-order chi connectivity index (χ1) is 10.7. The predicted octanol–water partition coefficient (Wildman–Crippen LogP) is 3.71. The molecule has 2 amide bonds. The summed E-state index contributed by atoms with van der Waals surface area (Å²) in [5.41, 5.74) is 1.16. The number of hydrogen-bond donors (Lipinski definition) is 1. The van der Waals surface area contributed by atoms with Crippen LogP contribution < -0.4 is 5.32 Å². The molecular weight excluding hydrogens is 288 g/mol. The summed E-state index contributed by atoms with van der Waals surface area (Å²) in [5.74, 6) is -0.0228. The van der Waals surface area contributed by atoms with E-state index in [0.29, 0.717) is 19.4 Å². The van der Waals surface area contributed by atoms with Gasteiger partial charge in [-0.25, -0.2) is 0 Å². The number of carbonyl (C=O) groups is 2. The van der Waals surface area contributed by atoms with Gasteiger partial charge in [-0.15, -0.1) is 0 Å². The van der Waals surface area contributed by atoms with Gasteiger partial charge in [0.25, 0.3) is 0 Å².